The third kappa shape index (κ3) is 4.07. The van der Waals surface area contributed by atoms with E-state index in [-0.39, 0.29) is 0 Å². The molecule has 8 nitrogen and oxygen atoms in total. The Morgan fingerprint density at radius 1 is 1.11 bits per heavy atom. The van der Waals surface area contributed by atoms with Crippen LogP contribution in [-0.2, 0) is 5.75 Å². The van der Waals surface area contributed by atoms with Gasteiger partial charge in [0.05, 0.1) is 5.75 Å². The second kappa shape index (κ2) is 8.53. The van der Waals surface area contributed by atoms with Crippen molar-refractivity contribution in [1.29, 1.82) is 0 Å². The summed E-state index contributed by atoms with van der Waals surface area (Å²) in [6.45, 7) is 4.82. The van der Waals surface area contributed by atoms with Gasteiger partial charge in [0.25, 0.3) is 5.89 Å². The summed E-state index contributed by atoms with van der Waals surface area (Å²) in [6, 6.07) is 9.78. The summed E-state index contributed by atoms with van der Waals surface area (Å²) in [6.07, 6.45) is 1.04. The van der Waals surface area contributed by atoms with Gasteiger partial charge in [-0.25, -0.2) is 0 Å². The molecule has 28 heavy (non-hydrogen) atoms. The van der Waals surface area contributed by atoms with Gasteiger partial charge in [-0.2, -0.15) is 0 Å². The molecule has 10 heteroatoms. The summed E-state index contributed by atoms with van der Waals surface area (Å²) < 4.78 is 12.1. The molecule has 0 saturated carbocycles. The Kier molecular flexibility index (Phi) is 5.68. The lowest BCUT2D eigenvalue weighted by Gasteiger charge is -1.98. The van der Waals surface area contributed by atoms with E-state index in [1.54, 1.807) is 0 Å². The van der Waals surface area contributed by atoms with Crippen LogP contribution in [0, 0.1) is 6.92 Å². The van der Waals surface area contributed by atoms with Gasteiger partial charge in [-0.3, -0.25) is 0 Å². The highest BCUT2D eigenvalue weighted by atomic mass is 32.2. The first-order valence-electron chi connectivity index (χ1n) is 8.79. The quantitative estimate of drug-likeness (QED) is 0.412. The minimum absolute atomic E-state index is 0.399. The zero-order chi connectivity index (χ0) is 19.3. The van der Waals surface area contributed by atoms with Gasteiger partial charge in [0.1, 0.15) is 17.0 Å². The lowest BCUT2D eigenvalue weighted by Crippen LogP contribution is -1.98. The number of benzene rings is 1. The molecule has 0 aliphatic carbocycles. The standard InChI is InChI=1S/C18H18N6O2S2/c1-3-9-19-17-22-23-18(28-17)27-10-13-20-21-16(25-13)14-11(2)26-24-15(14)12-7-5-4-6-8-12/h4-8H,3,9-10H2,1-2H3,(H,19,22). The molecule has 4 rings (SSSR count). The molecule has 144 valence electrons. The summed E-state index contributed by atoms with van der Waals surface area (Å²) >= 11 is 3.03. The number of hydrogen-bond acceptors (Lipinski definition) is 10. The van der Waals surface area contributed by atoms with E-state index < -0.39 is 0 Å². The largest absolute Gasteiger partial charge is 0.420 e. The fraction of sp³-hybridized carbons (Fsp3) is 0.278. The maximum atomic E-state index is 5.86. The highest BCUT2D eigenvalue weighted by Gasteiger charge is 2.22. The van der Waals surface area contributed by atoms with Crippen LogP contribution in [0.5, 0.6) is 0 Å². The molecule has 0 spiro atoms. The average Bonchev–Trinajstić information content (AvgIpc) is 3.45. The molecule has 0 amide bonds. The van der Waals surface area contributed by atoms with Crippen LogP contribution in [-0.4, -0.2) is 32.1 Å². The topological polar surface area (TPSA) is 103 Å². The first kappa shape index (κ1) is 18.6. The van der Waals surface area contributed by atoms with Crippen molar-refractivity contribution in [3.63, 3.8) is 0 Å². The van der Waals surface area contributed by atoms with Gasteiger partial charge in [0.2, 0.25) is 11.0 Å². The molecule has 0 unspecified atom stereocenters. The van der Waals surface area contributed by atoms with E-state index in [4.69, 9.17) is 8.94 Å². The lowest BCUT2D eigenvalue weighted by atomic mass is 10.1. The molecule has 0 bridgehead atoms. The number of hydrogen-bond donors (Lipinski definition) is 1. The van der Waals surface area contributed by atoms with Crippen LogP contribution in [0.1, 0.15) is 25.0 Å². The van der Waals surface area contributed by atoms with E-state index >= 15 is 0 Å². The molecule has 0 radical (unpaired) electrons. The fourth-order valence-electron chi connectivity index (χ4n) is 2.52. The SMILES string of the molecule is CCCNc1nnc(SCc2nnc(-c3c(-c4ccccc4)noc3C)o2)s1. The molecule has 0 fully saturated rings. The Hall–Kier alpha value is -2.72. The van der Waals surface area contributed by atoms with Crippen molar-refractivity contribution < 1.29 is 8.94 Å². The van der Waals surface area contributed by atoms with Crippen LogP contribution in [0.4, 0.5) is 5.13 Å². The molecule has 1 aromatic carbocycles. The third-order valence-corrected chi connectivity index (χ3v) is 5.84. The molecular weight excluding hydrogens is 396 g/mol. The van der Waals surface area contributed by atoms with E-state index in [0.717, 1.165) is 33.6 Å². The lowest BCUT2D eigenvalue weighted by molar-refractivity contribution is 0.399. The summed E-state index contributed by atoms with van der Waals surface area (Å²) in [4.78, 5) is 0. The Bertz CT molecular complexity index is 1040. The van der Waals surface area contributed by atoms with Gasteiger partial charge in [-0.15, -0.1) is 20.4 Å². The summed E-state index contributed by atoms with van der Waals surface area (Å²) in [5, 5.41) is 24.8. The number of rotatable bonds is 8. The number of anilines is 1. The van der Waals surface area contributed by atoms with Gasteiger partial charge < -0.3 is 14.3 Å². The normalized spacial score (nSPS) is 11.1. The summed E-state index contributed by atoms with van der Waals surface area (Å²) in [5.74, 6) is 2.06. The van der Waals surface area contributed by atoms with E-state index in [1.807, 2.05) is 37.3 Å². The van der Waals surface area contributed by atoms with E-state index in [1.165, 1.54) is 23.1 Å². The fourth-order valence-corrected chi connectivity index (χ4v) is 4.14. The number of aromatic nitrogens is 5. The van der Waals surface area contributed by atoms with Crippen molar-refractivity contribution in [3.05, 3.63) is 42.0 Å². The van der Waals surface area contributed by atoms with Crippen LogP contribution < -0.4 is 5.32 Å². The van der Waals surface area contributed by atoms with Gasteiger partial charge in [0.15, 0.2) is 4.34 Å². The predicted octanol–water partition coefficient (Wildman–Crippen LogP) is 4.67. The van der Waals surface area contributed by atoms with E-state index in [9.17, 15) is 0 Å². The van der Waals surface area contributed by atoms with Crippen LogP contribution in [0.2, 0.25) is 0 Å². The number of nitrogens with one attached hydrogen (secondary N) is 1. The van der Waals surface area contributed by atoms with Crippen LogP contribution >= 0.6 is 23.1 Å². The van der Waals surface area contributed by atoms with Crippen LogP contribution in [0.15, 0.2) is 43.6 Å². The second-order valence-electron chi connectivity index (χ2n) is 5.92. The monoisotopic (exact) mass is 414 g/mol. The molecule has 0 aliphatic heterocycles. The Morgan fingerprint density at radius 2 is 1.96 bits per heavy atom. The van der Waals surface area contributed by atoms with Gasteiger partial charge in [-0.1, -0.05) is 65.5 Å². The Balaban J connectivity index is 1.48. The molecule has 3 heterocycles. The molecule has 3 aromatic heterocycles. The smallest absolute Gasteiger partial charge is 0.253 e. The van der Waals surface area contributed by atoms with Gasteiger partial charge in [-0.05, 0) is 13.3 Å². The maximum Gasteiger partial charge on any atom is 0.253 e. The van der Waals surface area contributed by atoms with Crippen molar-refractivity contribution in [2.45, 2.75) is 30.4 Å². The summed E-state index contributed by atoms with van der Waals surface area (Å²) in [5.41, 5.74) is 2.35. The molecule has 0 atom stereocenters. The highest BCUT2D eigenvalue weighted by molar-refractivity contribution is 8.00. The minimum Gasteiger partial charge on any atom is -0.420 e. The van der Waals surface area contributed by atoms with Crippen molar-refractivity contribution >= 4 is 28.2 Å². The average molecular weight is 415 g/mol. The van der Waals surface area contributed by atoms with E-state index in [2.05, 4.69) is 37.8 Å². The van der Waals surface area contributed by atoms with Gasteiger partial charge >= 0.3 is 0 Å². The first-order chi connectivity index (χ1) is 13.7. The molecule has 0 saturated heterocycles. The van der Waals surface area contributed by atoms with Crippen molar-refractivity contribution in [2.24, 2.45) is 0 Å². The zero-order valence-electron chi connectivity index (χ0n) is 15.4. The first-order valence-corrected chi connectivity index (χ1v) is 10.6. The van der Waals surface area contributed by atoms with Crippen molar-refractivity contribution in [3.8, 4) is 22.7 Å². The third-order valence-electron chi connectivity index (χ3n) is 3.84. The van der Waals surface area contributed by atoms with Crippen molar-refractivity contribution in [2.75, 3.05) is 11.9 Å². The van der Waals surface area contributed by atoms with Crippen LogP contribution in [0.3, 0.4) is 0 Å². The molecule has 0 aliphatic rings. The molecule has 4 aromatic rings. The van der Waals surface area contributed by atoms with E-state index in [0.29, 0.717) is 29.0 Å². The maximum absolute atomic E-state index is 5.86. The van der Waals surface area contributed by atoms with Gasteiger partial charge in [0, 0.05) is 12.1 Å². The number of thioether (sulfide) groups is 1. The van der Waals surface area contributed by atoms with Crippen LogP contribution in [0.25, 0.3) is 22.7 Å². The number of nitrogens with zero attached hydrogens (tertiary/aromatic N) is 5. The molecular formula is C18H18N6O2S2. The predicted molar refractivity (Wildman–Crippen MR) is 108 cm³/mol. The highest BCUT2D eigenvalue weighted by Crippen LogP contribution is 2.34. The number of aryl methyl sites for hydroxylation is 1. The Morgan fingerprint density at radius 3 is 2.79 bits per heavy atom. The second-order valence-corrected chi connectivity index (χ2v) is 8.12. The van der Waals surface area contributed by atoms with Crippen molar-refractivity contribution in [1.82, 2.24) is 25.6 Å². The molecule has 1 N–H and O–H groups in total. The zero-order valence-corrected chi connectivity index (χ0v) is 17.0. The Labute approximate surface area is 169 Å². The minimum atomic E-state index is 0.399. The summed E-state index contributed by atoms with van der Waals surface area (Å²) in [7, 11) is 0.